The van der Waals surface area contributed by atoms with E-state index in [9.17, 15) is 4.39 Å². The third-order valence-corrected chi connectivity index (χ3v) is 3.86. The van der Waals surface area contributed by atoms with Gasteiger partial charge in [0.2, 0.25) is 0 Å². The third kappa shape index (κ3) is 5.82. The Kier molecular flexibility index (Phi) is 7.96. The molecule has 0 aromatic heterocycles. The molecule has 0 saturated carbocycles. The van der Waals surface area contributed by atoms with E-state index in [-0.39, 0.29) is 5.82 Å². The van der Waals surface area contributed by atoms with Gasteiger partial charge in [0.15, 0.2) is 0 Å². The van der Waals surface area contributed by atoms with Crippen molar-refractivity contribution in [1.29, 1.82) is 5.26 Å². The second-order valence-corrected chi connectivity index (χ2v) is 5.17. The van der Waals surface area contributed by atoms with E-state index in [0.29, 0.717) is 17.7 Å². The largest absolute Gasteiger partial charge is 0.304 e. The zero-order valence-corrected chi connectivity index (χ0v) is 13.4. The van der Waals surface area contributed by atoms with Crippen LogP contribution < -0.4 is 0 Å². The maximum atomic E-state index is 13.8. The van der Waals surface area contributed by atoms with Crippen LogP contribution in [-0.4, -0.2) is 42.5 Å². The number of benzene rings is 1. The monoisotopic (exact) mass is 291 g/mol. The first kappa shape index (κ1) is 17.6. The second-order valence-electron chi connectivity index (χ2n) is 5.17. The van der Waals surface area contributed by atoms with E-state index >= 15 is 0 Å². The molecular formula is C17H26FN3. The molecule has 0 radical (unpaired) electrons. The maximum Gasteiger partial charge on any atom is 0.127 e. The van der Waals surface area contributed by atoms with Gasteiger partial charge >= 0.3 is 0 Å². The van der Waals surface area contributed by atoms with Crippen molar-refractivity contribution in [2.75, 3.05) is 32.7 Å². The Labute approximate surface area is 128 Å². The first-order chi connectivity index (χ1) is 10.1. The molecule has 1 rings (SSSR count). The fourth-order valence-electron chi connectivity index (χ4n) is 2.41. The predicted octanol–water partition coefficient (Wildman–Crippen LogP) is 3.25. The van der Waals surface area contributed by atoms with Crippen molar-refractivity contribution in [2.45, 2.75) is 33.7 Å². The molecule has 21 heavy (non-hydrogen) atoms. The quantitative estimate of drug-likeness (QED) is 0.699. The van der Waals surface area contributed by atoms with Gasteiger partial charge in [-0.3, -0.25) is 4.90 Å². The highest BCUT2D eigenvalue weighted by Crippen LogP contribution is 2.13. The summed E-state index contributed by atoms with van der Waals surface area (Å²) < 4.78 is 13.8. The number of halogens is 1. The molecule has 0 aliphatic rings. The first-order valence-electron chi connectivity index (χ1n) is 7.77. The number of rotatable bonds is 9. The third-order valence-electron chi connectivity index (χ3n) is 3.86. The van der Waals surface area contributed by atoms with Crippen molar-refractivity contribution < 1.29 is 4.39 Å². The van der Waals surface area contributed by atoms with E-state index < -0.39 is 0 Å². The SMILES string of the molecule is CCN(CC)CCCN(CC)Cc1cc(C#N)ccc1F. The van der Waals surface area contributed by atoms with E-state index in [0.717, 1.165) is 39.1 Å². The van der Waals surface area contributed by atoms with Gasteiger partial charge < -0.3 is 4.90 Å². The Morgan fingerprint density at radius 3 is 2.24 bits per heavy atom. The molecular weight excluding hydrogens is 265 g/mol. The molecule has 0 atom stereocenters. The highest BCUT2D eigenvalue weighted by Gasteiger charge is 2.09. The van der Waals surface area contributed by atoms with Gasteiger partial charge in [-0.2, -0.15) is 5.26 Å². The molecule has 0 N–H and O–H groups in total. The summed E-state index contributed by atoms with van der Waals surface area (Å²) in [6.45, 7) is 12.0. The van der Waals surface area contributed by atoms with Crippen molar-refractivity contribution in [3.05, 3.63) is 35.1 Å². The molecule has 1 aromatic rings. The van der Waals surface area contributed by atoms with Crippen LogP contribution in [0.2, 0.25) is 0 Å². The molecule has 116 valence electrons. The fourth-order valence-corrected chi connectivity index (χ4v) is 2.41. The summed E-state index contributed by atoms with van der Waals surface area (Å²) >= 11 is 0. The van der Waals surface area contributed by atoms with Gasteiger partial charge in [0.05, 0.1) is 11.6 Å². The van der Waals surface area contributed by atoms with Gasteiger partial charge in [-0.1, -0.05) is 20.8 Å². The van der Waals surface area contributed by atoms with Crippen LogP contribution in [0.5, 0.6) is 0 Å². The van der Waals surface area contributed by atoms with Crippen LogP contribution in [-0.2, 0) is 6.54 Å². The molecule has 3 nitrogen and oxygen atoms in total. The Morgan fingerprint density at radius 1 is 1.05 bits per heavy atom. The highest BCUT2D eigenvalue weighted by molar-refractivity contribution is 5.33. The van der Waals surface area contributed by atoms with E-state index in [1.54, 1.807) is 6.07 Å². The molecule has 0 aliphatic carbocycles. The average molecular weight is 291 g/mol. The normalized spacial score (nSPS) is 11.1. The van der Waals surface area contributed by atoms with Crippen molar-refractivity contribution in [3.63, 3.8) is 0 Å². The van der Waals surface area contributed by atoms with Gasteiger partial charge in [-0.05, 0) is 57.3 Å². The van der Waals surface area contributed by atoms with E-state index in [1.807, 2.05) is 0 Å². The summed E-state index contributed by atoms with van der Waals surface area (Å²) in [7, 11) is 0. The second kappa shape index (κ2) is 9.49. The summed E-state index contributed by atoms with van der Waals surface area (Å²) in [5.41, 5.74) is 1.13. The molecule has 0 saturated heterocycles. The first-order valence-corrected chi connectivity index (χ1v) is 7.77. The van der Waals surface area contributed by atoms with Gasteiger partial charge in [-0.15, -0.1) is 0 Å². The average Bonchev–Trinajstić information content (AvgIpc) is 2.52. The molecule has 0 unspecified atom stereocenters. The lowest BCUT2D eigenvalue weighted by Gasteiger charge is -2.23. The Hall–Kier alpha value is -1.44. The highest BCUT2D eigenvalue weighted by atomic mass is 19.1. The topological polar surface area (TPSA) is 30.3 Å². The smallest absolute Gasteiger partial charge is 0.127 e. The van der Waals surface area contributed by atoms with Crippen LogP contribution in [0.1, 0.15) is 38.3 Å². The molecule has 1 aromatic carbocycles. The van der Waals surface area contributed by atoms with Crippen LogP contribution in [0, 0.1) is 17.1 Å². The lowest BCUT2D eigenvalue weighted by atomic mass is 10.1. The zero-order valence-electron chi connectivity index (χ0n) is 13.4. The number of hydrogen-bond acceptors (Lipinski definition) is 3. The Bertz CT molecular complexity index is 464. The van der Waals surface area contributed by atoms with E-state index in [2.05, 4.69) is 36.6 Å². The summed E-state index contributed by atoms with van der Waals surface area (Å²) in [6, 6.07) is 6.63. The van der Waals surface area contributed by atoms with Crippen molar-refractivity contribution in [1.82, 2.24) is 9.80 Å². The van der Waals surface area contributed by atoms with Crippen LogP contribution in [0.25, 0.3) is 0 Å². The molecule has 0 amide bonds. The summed E-state index contributed by atoms with van der Waals surface area (Å²) in [5.74, 6) is -0.226. The van der Waals surface area contributed by atoms with Crippen LogP contribution in [0.15, 0.2) is 18.2 Å². The van der Waals surface area contributed by atoms with E-state index in [1.165, 1.54) is 12.1 Å². The summed E-state index contributed by atoms with van der Waals surface area (Å²) in [6.07, 6.45) is 1.08. The van der Waals surface area contributed by atoms with Crippen LogP contribution in [0.4, 0.5) is 4.39 Å². The minimum Gasteiger partial charge on any atom is -0.304 e. The Balaban J connectivity index is 2.56. The number of nitriles is 1. The lowest BCUT2D eigenvalue weighted by Crippen LogP contribution is -2.30. The maximum absolute atomic E-state index is 13.8. The standard InChI is InChI=1S/C17H26FN3/c1-4-20(5-2)10-7-11-21(6-3)14-16-12-15(13-19)8-9-17(16)18/h8-9,12H,4-7,10-11,14H2,1-3H3. The van der Waals surface area contributed by atoms with Crippen molar-refractivity contribution >= 4 is 0 Å². The van der Waals surface area contributed by atoms with Gasteiger partial charge in [-0.25, -0.2) is 4.39 Å². The van der Waals surface area contributed by atoms with Gasteiger partial charge in [0, 0.05) is 12.1 Å². The molecule has 4 heteroatoms. The molecule has 0 bridgehead atoms. The number of nitrogens with zero attached hydrogens (tertiary/aromatic N) is 3. The van der Waals surface area contributed by atoms with Crippen molar-refractivity contribution in [3.8, 4) is 6.07 Å². The summed E-state index contributed by atoms with van der Waals surface area (Å²) in [4.78, 5) is 4.62. The van der Waals surface area contributed by atoms with Crippen LogP contribution in [0.3, 0.4) is 0 Å². The van der Waals surface area contributed by atoms with Crippen LogP contribution >= 0.6 is 0 Å². The number of hydrogen-bond donors (Lipinski definition) is 0. The zero-order chi connectivity index (χ0) is 15.7. The predicted molar refractivity (Wildman–Crippen MR) is 84.5 cm³/mol. The molecule has 0 fully saturated rings. The summed E-state index contributed by atoms with van der Waals surface area (Å²) in [5, 5.41) is 8.91. The minimum atomic E-state index is -0.226. The van der Waals surface area contributed by atoms with Gasteiger partial charge in [0.25, 0.3) is 0 Å². The lowest BCUT2D eigenvalue weighted by molar-refractivity contribution is 0.236. The van der Waals surface area contributed by atoms with E-state index in [4.69, 9.17) is 5.26 Å². The fraction of sp³-hybridized carbons (Fsp3) is 0.588. The van der Waals surface area contributed by atoms with Gasteiger partial charge in [0.1, 0.15) is 5.82 Å². The molecule has 0 heterocycles. The molecule has 0 spiro atoms. The molecule has 0 aliphatic heterocycles. The Morgan fingerprint density at radius 2 is 1.67 bits per heavy atom. The van der Waals surface area contributed by atoms with Crippen molar-refractivity contribution in [2.24, 2.45) is 0 Å². The minimum absolute atomic E-state index is 0.226.